The Kier molecular flexibility index (Phi) is 7.47. The third kappa shape index (κ3) is 5.32. The van der Waals surface area contributed by atoms with Crippen molar-refractivity contribution in [3.05, 3.63) is 199 Å². The SMILES string of the molecule is N=C(/N=C(\N=C\c1cc(N2c3cc4ccccc4cc3-c3cccc4cccc2c34)cc2ccccc12)c1ccccc1)c1ccc2c(c1)sc1ccccc12. The number of thiophene rings is 1. The molecule has 262 valence electrons. The lowest BCUT2D eigenvalue weighted by Gasteiger charge is -2.34. The molecular formula is C51H32N4S. The fraction of sp³-hybridized carbons (Fsp3) is 0. The van der Waals surface area contributed by atoms with Crippen LogP contribution in [-0.4, -0.2) is 17.9 Å². The highest BCUT2D eigenvalue weighted by Crippen LogP contribution is 2.52. The number of aliphatic imine (C=N–C) groups is 2. The number of hydrogen-bond donors (Lipinski definition) is 1. The van der Waals surface area contributed by atoms with E-state index in [2.05, 4.69) is 150 Å². The molecule has 0 saturated carbocycles. The summed E-state index contributed by atoms with van der Waals surface area (Å²) < 4.78 is 2.38. The van der Waals surface area contributed by atoms with Gasteiger partial charge in [0.15, 0.2) is 11.7 Å². The Hall–Kier alpha value is -7.21. The maximum atomic E-state index is 9.18. The topological polar surface area (TPSA) is 51.8 Å². The van der Waals surface area contributed by atoms with E-state index < -0.39 is 0 Å². The summed E-state index contributed by atoms with van der Waals surface area (Å²) in [6, 6.07) is 64.0. The molecule has 11 rings (SSSR count). The van der Waals surface area contributed by atoms with E-state index in [9.17, 15) is 5.41 Å². The van der Waals surface area contributed by atoms with Crippen molar-refractivity contribution < 1.29 is 0 Å². The van der Waals surface area contributed by atoms with Crippen molar-refractivity contribution in [3.8, 4) is 11.1 Å². The minimum atomic E-state index is 0.169. The first-order chi connectivity index (χ1) is 27.7. The Labute approximate surface area is 327 Å². The molecular weight excluding hydrogens is 701 g/mol. The monoisotopic (exact) mass is 732 g/mol. The summed E-state index contributed by atoms with van der Waals surface area (Å²) in [5, 5.41) is 18.7. The zero-order valence-corrected chi connectivity index (χ0v) is 31.0. The Bertz CT molecular complexity index is 3280. The Morgan fingerprint density at radius 2 is 1.20 bits per heavy atom. The number of rotatable bonds is 4. The summed E-state index contributed by atoms with van der Waals surface area (Å²) in [5.41, 5.74) is 8.36. The van der Waals surface area contributed by atoms with Crippen LogP contribution in [0.25, 0.3) is 63.6 Å². The maximum absolute atomic E-state index is 9.18. The van der Waals surface area contributed by atoms with Crippen molar-refractivity contribution in [2.45, 2.75) is 0 Å². The van der Waals surface area contributed by atoms with Gasteiger partial charge in [0.1, 0.15) is 0 Å². The minimum Gasteiger partial charge on any atom is -0.309 e. The molecule has 4 nitrogen and oxygen atoms in total. The average Bonchev–Trinajstić information content (AvgIpc) is 3.63. The van der Waals surface area contributed by atoms with Gasteiger partial charge in [0, 0.05) is 59.7 Å². The number of anilines is 3. The highest BCUT2D eigenvalue weighted by atomic mass is 32.1. The zero-order chi connectivity index (χ0) is 37.2. The Balaban J connectivity index is 1.06. The summed E-state index contributed by atoms with van der Waals surface area (Å²) in [7, 11) is 0. The van der Waals surface area contributed by atoms with Crippen molar-refractivity contribution in [2.24, 2.45) is 9.98 Å². The van der Waals surface area contributed by atoms with Gasteiger partial charge in [0.25, 0.3) is 0 Å². The number of fused-ring (bicyclic) bond motifs is 7. The smallest absolute Gasteiger partial charge is 0.161 e. The molecule has 0 bridgehead atoms. The summed E-state index contributed by atoms with van der Waals surface area (Å²) >= 11 is 1.74. The van der Waals surface area contributed by atoms with Crippen molar-refractivity contribution in [1.82, 2.24) is 0 Å². The zero-order valence-electron chi connectivity index (χ0n) is 30.1. The quantitative estimate of drug-likeness (QED) is 0.142. The van der Waals surface area contributed by atoms with E-state index >= 15 is 0 Å². The molecule has 0 atom stereocenters. The second-order valence-corrected chi connectivity index (χ2v) is 15.3. The van der Waals surface area contributed by atoms with Crippen molar-refractivity contribution in [3.63, 3.8) is 0 Å². The van der Waals surface area contributed by atoms with Crippen LogP contribution in [0.1, 0.15) is 16.7 Å². The molecule has 0 amide bonds. The molecule has 5 heteroatoms. The van der Waals surface area contributed by atoms with E-state index in [1.165, 1.54) is 48.1 Å². The predicted octanol–water partition coefficient (Wildman–Crippen LogP) is 13.9. The lowest BCUT2D eigenvalue weighted by molar-refractivity contribution is 1.29. The Morgan fingerprint density at radius 1 is 0.500 bits per heavy atom. The van der Waals surface area contributed by atoms with Gasteiger partial charge in [-0.1, -0.05) is 140 Å². The van der Waals surface area contributed by atoms with Crippen LogP contribution in [0.3, 0.4) is 0 Å². The van der Waals surface area contributed by atoms with Crippen molar-refractivity contribution in [2.75, 3.05) is 4.90 Å². The van der Waals surface area contributed by atoms with Crippen molar-refractivity contribution in [1.29, 1.82) is 5.41 Å². The number of nitrogens with zero attached hydrogens (tertiary/aromatic N) is 3. The van der Waals surface area contributed by atoms with Gasteiger partial charge in [-0.15, -0.1) is 11.3 Å². The van der Waals surface area contributed by atoms with E-state index in [4.69, 9.17) is 9.98 Å². The first kappa shape index (κ1) is 32.2. The normalized spacial score (nSPS) is 12.7. The van der Waals surface area contributed by atoms with Gasteiger partial charge in [-0.2, -0.15) is 0 Å². The molecule has 10 aromatic rings. The summed E-state index contributed by atoms with van der Waals surface area (Å²) in [5.74, 6) is 0.651. The number of amidine groups is 2. The first-order valence-corrected chi connectivity index (χ1v) is 19.5. The summed E-state index contributed by atoms with van der Waals surface area (Å²) in [6.07, 6.45) is 1.92. The molecule has 0 aliphatic carbocycles. The van der Waals surface area contributed by atoms with E-state index in [0.717, 1.165) is 49.2 Å². The van der Waals surface area contributed by atoms with Crippen LogP contribution < -0.4 is 4.90 Å². The highest BCUT2D eigenvalue weighted by molar-refractivity contribution is 7.25. The van der Waals surface area contributed by atoms with Crippen LogP contribution in [-0.2, 0) is 0 Å². The van der Waals surface area contributed by atoms with Gasteiger partial charge in [0.2, 0.25) is 0 Å². The largest absolute Gasteiger partial charge is 0.309 e. The molecule has 1 aliphatic rings. The van der Waals surface area contributed by atoms with Gasteiger partial charge in [0.05, 0.1) is 11.4 Å². The van der Waals surface area contributed by atoms with Crippen LogP contribution in [0.4, 0.5) is 17.1 Å². The predicted molar refractivity (Wildman–Crippen MR) is 239 cm³/mol. The molecule has 2 heterocycles. The molecule has 0 radical (unpaired) electrons. The van der Waals surface area contributed by atoms with E-state index in [1.807, 2.05) is 42.6 Å². The molecule has 9 aromatic carbocycles. The maximum Gasteiger partial charge on any atom is 0.161 e. The van der Waals surface area contributed by atoms with E-state index in [-0.39, 0.29) is 5.84 Å². The fourth-order valence-electron chi connectivity index (χ4n) is 8.26. The van der Waals surface area contributed by atoms with Gasteiger partial charge in [-0.25, -0.2) is 9.98 Å². The van der Waals surface area contributed by atoms with Crippen LogP contribution in [0.5, 0.6) is 0 Å². The third-order valence-corrected chi connectivity index (χ3v) is 12.0. The fourth-order valence-corrected chi connectivity index (χ4v) is 9.40. The van der Waals surface area contributed by atoms with Gasteiger partial charge in [-0.3, -0.25) is 5.41 Å². The van der Waals surface area contributed by atoms with E-state index in [0.29, 0.717) is 5.84 Å². The molecule has 0 spiro atoms. The first-order valence-electron chi connectivity index (χ1n) is 18.7. The molecule has 1 aliphatic heterocycles. The third-order valence-electron chi connectivity index (χ3n) is 10.9. The molecule has 1 N–H and O–H groups in total. The van der Waals surface area contributed by atoms with Crippen LogP contribution in [0.15, 0.2) is 192 Å². The minimum absolute atomic E-state index is 0.169. The lowest BCUT2D eigenvalue weighted by Crippen LogP contribution is -2.15. The second-order valence-electron chi connectivity index (χ2n) is 14.2. The van der Waals surface area contributed by atoms with Crippen LogP contribution in [0.2, 0.25) is 0 Å². The second kappa shape index (κ2) is 13.0. The van der Waals surface area contributed by atoms with Crippen LogP contribution >= 0.6 is 11.3 Å². The van der Waals surface area contributed by atoms with Crippen LogP contribution in [0, 0.1) is 5.41 Å². The molecule has 0 unspecified atom stereocenters. The molecule has 0 fully saturated rings. The number of benzene rings is 9. The average molecular weight is 733 g/mol. The summed E-state index contributed by atoms with van der Waals surface area (Å²) in [4.78, 5) is 12.4. The van der Waals surface area contributed by atoms with Crippen molar-refractivity contribution >= 4 is 98.8 Å². The number of nitrogens with one attached hydrogen (secondary N) is 1. The standard InChI is InChI=1S/C51H32N4S/c52-50(37-24-25-42-41-20-8-9-23-47(41)56-48(42)30-37)54-51(33-12-2-1-3-13-33)53-31-38-27-39(26-36-16-6-7-19-40(36)38)55-45-22-11-18-32-17-10-21-43(49(32)45)44-28-34-14-4-5-15-35(34)29-46(44)55/h1-31,52H/b52-50?,53-31+,54-51-. The van der Waals surface area contributed by atoms with Gasteiger partial charge >= 0.3 is 0 Å². The number of hydrogen-bond acceptors (Lipinski definition) is 3. The summed E-state index contributed by atoms with van der Waals surface area (Å²) in [6.45, 7) is 0. The molecule has 56 heavy (non-hydrogen) atoms. The van der Waals surface area contributed by atoms with Gasteiger partial charge in [-0.05, 0) is 75.0 Å². The lowest BCUT2D eigenvalue weighted by atomic mass is 9.89. The Morgan fingerprint density at radius 3 is 2.05 bits per heavy atom. The van der Waals surface area contributed by atoms with Gasteiger partial charge < -0.3 is 4.90 Å². The highest BCUT2D eigenvalue weighted by Gasteiger charge is 2.27. The molecule has 1 aromatic heterocycles. The van der Waals surface area contributed by atoms with E-state index in [1.54, 1.807) is 11.3 Å². The molecule has 0 saturated heterocycles.